The number of piperazine rings is 1. The molecule has 0 spiro atoms. The Labute approximate surface area is 222 Å². The molecule has 38 heavy (non-hydrogen) atoms. The number of anilines is 1. The van der Waals surface area contributed by atoms with Gasteiger partial charge < -0.3 is 15.0 Å². The molecule has 3 aromatic rings. The molecule has 0 radical (unpaired) electrons. The molecule has 3 aliphatic rings. The van der Waals surface area contributed by atoms with E-state index in [1.165, 1.54) is 18.3 Å². The first-order valence-electron chi connectivity index (χ1n) is 12.8. The molecule has 11 heteroatoms. The van der Waals surface area contributed by atoms with Gasteiger partial charge in [0.1, 0.15) is 16.5 Å². The molecule has 1 unspecified atom stereocenters. The maximum atomic E-state index is 13.7. The van der Waals surface area contributed by atoms with Gasteiger partial charge in [-0.1, -0.05) is 5.57 Å². The van der Waals surface area contributed by atoms with E-state index in [2.05, 4.69) is 26.4 Å². The largest absolute Gasteiger partial charge is 0.384 e. The van der Waals surface area contributed by atoms with Gasteiger partial charge in [0, 0.05) is 58.0 Å². The Morgan fingerprint density at radius 2 is 1.87 bits per heavy atom. The molecule has 200 valence electrons. The van der Waals surface area contributed by atoms with Gasteiger partial charge in [-0.05, 0) is 60.9 Å². The number of halogens is 1. The van der Waals surface area contributed by atoms with Crippen molar-refractivity contribution in [3.63, 3.8) is 0 Å². The third-order valence-corrected chi connectivity index (χ3v) is 9.64. The molecule has 2 aliphatic heterocycles. The SMILES string of the molecule is COCC12Cc3cnn(-c4ccc(F)cc4)c3C=C1CCN(S(=O)(=O)c1ccc(N3CCNCC3)nc1)C2. The summed E-state index contributed by atoms with van der Waals surface area (Å²) in [5.74, 6) is 0.498. The van der Waals surface area contributed by atoms with Crippen molar-refractivity contribution in [2.75, 3.05) is 57.9 Å². The number of methoxy groups -OCH3 is 1. The Kier molecular flexibility index (Phi) is 6.55. The predicted molar refractivity (Wildman–Crippen MR) is 142 cm³/mol. The van der Waals surface area contributed by atoms with Crippen LogP contribution in [0.25, 0.3) is 11.8 Å². The van der Waals surface area contributed by atoms with Crippen LogP contribution in [-0.4, -0.2) is 80.5 Å². The highest BCUT2D eigenvalue weighted by atomic mass is 32.2. The van der Waals surface area contributed by atoms with E-state index in [1.54, 1.807) is 35.7 Å². The molecule has 6 rings (SSSR count). The zero-order chi connectivity index (χ0) is 26.3. The van der Waals surface area contributed by atoms with E-state index in [0.29, 0.717) is 32.5 Å². The number of sulfonamides is 1. The second-order valence-electron chi connectivity index (χ2n) is 10.2. The Morgan fingerprint density at radius 3 is 2.58 bits per heavy atom. The third-order valence-electron chi connectivity index (χ3n) is 7.81. The van der Waals surface area contributed by atoms with Gasteiger partial charge in [0.25, 0.3) is 0 Å². The van der Waals surface area contributed by atoms with Gasteiger partial charge >= 0.3 is 0 Å². The van der Waals surface area contributed by atoms with Crippen molar-refractivity contribution in [3.05, 3.63) is 71.4 Å². The molecular weight excluding hydrogens is 507 g/mol. The Bertz CT molecular complexity index is 1450. The summed E-state index contributed by atoms with van der Waals surface area (Å²) in [6, 6.07) is 9.71. The van der Waals surface area contributed by atoms with E-state index in [9.17, 15) is 12.8 Å². The summed E-state index contributed by atoms with van der Waals surface area (Å²) in [4.78, 5) is 6.85. The van der Waals surface area contributed by atoms with Gasteiger partial charge in [0.2, 0.25) is 10.0 Å². The summed E-state index contributed by atoms with van der Waals surface area (Å²) < 4.78 is 49.9. The van der Waals surface area contributed by atoms with E-state index in [1.807, 2.05) is 10.9 Å². The molecule has 4 heterocycles. The van der Waals surface area contributed by atoms with Crippen LogP contribution >= 0.6 is 0 Å². The van der Waals surface area contributed by atoms with Crippen molar-refractivity contribution in [2.45, 2.75) is 17.7 Å². The maximum absolute atomic E-state index is 13.7. The molecule has 0 saturated carbocycles. The van der Waals surface area contributed by atoms with Crippen LogP contribution in [0.4, 0.5) is 10.2 Å². The standard InChI is InChI=1S/C27H31FN6O3S/c1-37-19-27-15-20-16-31-34(23-4-2-22(28)3-5-23)25(20)14-21(27)8-11-33(18-27)38(35,36)24-6-7-26(30-17-24)32-12-9-29-10-13-32/h2-7,14,16-17,29H,8-13,15,18-19H2,1H3. The lowest BCUT2D eigenvalue weighted by molar-refractivity contribution is 0.0733. The fourth-order valence-electron chi connectivity index (χ4n) is 5.85. The molecule has 1 atom stereocenters. The summed E-state index contributed by atoms with van der Waals surface area (Å²) in [7, 11) is -2.09. The second-order valence-corrected chi connectivity index (χ2v) is 12.1. The van der Waals surface area contributed by atoms with Crippen LogP contribution in [0.2, 0.25) is 0 Å². The van der Waals surface area contributed by atoms with Gasteiger partial charge in [-0.15, -0.1) is 0 Å². The number of pyridine rings is 1. The fraction of sp³-hybridized carbons (Fsp3) is 0.407. The molecule has 2 aromatic heterocycles. The van der Waals surface area contributed by atoms with Crippen LogP contribution in [0.1, 0.15) is 17.7 Å². The van der Waals surface area contributed by atoms with E-state index < -0.39 is 15.4 Å². The average molecular weight is 539 g/mol. The Hall–Kier alpha value is -3.12. The number of rotatable bonds is 6. The quantitative estimate of drug-likeness (QED) is 0.516. The molecular formula is C27H31FN6O3S. The highest BCUT2D eigenvalue weighted by Crippen LogP contribution is 2.45. The zero-order valence-corrected chi connectivity index (χ0v) is 22.1. The monoisotopic (exact) mass is 538 g/mol. The van der Waals surface area contributed by atoms with Gasteiger partial charge in [-0.2, -0.15) is 9.40 Å². The van der Waals surface area contributed by atoms with Gasteiger partial charge in [0.05, 0.1) is 24.2 Å². The smallest absolute Gasteiger partial charge is 0.244 e. The molecule has 9 nitrogen and oxygen atoms in total. The van der Waals surface area contributed by atoms with Crippen molar-refractivity contribution in [3.8, 4) is 5.69 Å². The van der Waals surface area contributed by atoms with Crippen LogP contribution in [-0.2, 0) is 21.2 Å². The summed E-state index contributed by atoms with van der Waals surface area (Å²) in [6.07, 6.45) is 6.60. The number of nitrogens with zero attached hydrogens (tertiary/aromatic N) is 5. The zero-order valence-electron chi connectivity index (χ0n) is 21.3. The average Bonchev–Trinajstić information content (AvgIpc) is 3.34. The minimum atomic E-state index is -3.73. The first kappa shape index (κ1) is 25.2. The molecule has 1 N–H and O–H groups in total. The van der Waals surface area contributed by atoms with E-state index >= 15 is 0 Å². The molecule has 2 saturated heterocycles. The highest BCUT2D eigenvalue weighted by molar-refractivity contribution is 7.89. The summed E-state index contributed by atoms with van der Waals surface area (Å²) in [6.45, 7) is 4.55. The summed E-state index contributed by atoms with van der Waals surface area (Å²) >= 11 is 0. The van der Waals surface area contributed by atoms with Crippen molar-refractivity contribution in [2.24, 2.45) is 5.41 Å². The number of piperidine rings is 1. The fourth-order valence-corrected chi connectivity index (χ4v) is 7.32. The normalized spacial score (nSPS) is 22.1. The number of fused-ring (bicyclic) bond motifs is 2. The van der Waals surface area contributed by atoms with Gasteiger partial charge in [0.15, 0.2) is 0 Å². The second kappa shape index (κ2) is 9.88. The molecule has 0 amide bonds. The molecule has 2 fully saturated rings. The minimum absolute atomic E-state index is 0.206. The predicted octanol–water partition coefficient (Wildman–Crippen LogP) is 2.48. The van der Waals surface area contributed by atoms with Crippen molar-refractivity contribution in [1.82, 2.24) is 24.4 Å². The van der Waals surface area contributed by atoms with Crippen molar-refractivity contribution >= 4 is 21.9 Å². The number of hydrogen-bond donors (Lipinski definition) is 1. The number of nitrogens with one attached hydrogen (secondary N) is 1. The molecule has 0 bridgehead atoms. The van der Waals surface area contributed by atoms with Crippen LogP contribution in [0, 0.1) is 11.2 Å². The molecule has 1 aliphatic carbocycles. The lowest BCUT2D eigenvalue weighted by atomic mass is 9.69. The van der Waals surface area contributed by atoms with E-state index in [4.69, 9.17) is 4.74 Å². The van der Waals surface area contributed by atoms with E-state index in [-0.39, 0.29) is 10.7 Å². The summed E-state index contributed by atoms with van der Waals surface area (Å²) in [5.41, 5.74) is 3.39. The lowest BCUT2D eigenvalue weighted by Crippen LogP contribution is -2.51. The van der Waals surface area contributed by atoms with E-state index in [0.717, 1.165) is 54.5 Å². The number of hydrogen-bond acceptors (Lipinski definition) is 7. The topological polar surface area (TPSA) is 92.6 Å². The number of ether oxygens (including phenoxy) is 1. The summed E-state index contributed by atoms with van der Waals surface area (Å²) in [5, 5.41) is 7.88. The first-order chi connectivity index (χ1) is 18.4. The maximum Gasteiger partial charge on any atom is 0.244 e. The Balaban J connectivity index is 1.27. The van der Waals surface area contributed by atoms with Crippen LogP contribution in [0.5, 0.6) is 0 Å². The lowest BCUT2D eigenvalue weighted by Gasteiger charge is -2.45. The molecule has 1 aromatic carbocycles. The van der Waals surface area contributed by atoms with Crippen LogP contribution in [0.3, 0.4) is 0 Å². The van der Waals surface area contributed by atoms with Gasteiger partial charge in [-0.3, -0.25) is 0 Å². The van der Waals surface area contributed by atoms with Crippen LogP contribution < -0.4 is 10.2 Å². The van der Waals surface area contributed by atoms with Crippen molar-refractivity contribution in [1.29, 1.82) is 0 Å². The number of benzene rings is 1. The van der Waals surface area contributed by atoms with Crippen LogP contribution in [0.15, 0.2) is 59.3 Å². The number of aromatic nitrogens is 3. The van der Waals surface area contributed by atoms with Crippen molar-refractivity contribution < 1.29 is 17.5 Å². The first-order valence-corrected chi connectivity index (χ1v) is 14.3. The van der Waals surface area contributed by atoms with Gasteiger partial charge in [-0.25, -0.2) is 22.5 Å². The highest BCUT2D eigenvalue weighted by Gasteiger charge is 2.46. The minimum Gasteiger partial charge on any atom is -0.384 e. The Morgan fingerprint density at radius 1 is 1.08 bits per heavy atom. The third kappa shape index (κ3) is 4.43.